The van der Waals surface area contributed by atoms with Gasteiger partial charge in [-0.15, -0.1) is 0 Å². The molecule has 39 heavy (non-hydrogen) atoms. The Labute approximate surface area is 233 Å². The van der Waals surface area contributed by atoms with E-state index < -0.39 is 15.6 Å². The van der Waals surface area contributed by atoms with Crippen LogP contribution < -0.4 is 4.74 Å². The fourth-order valence-corrected chi connectivity index (χ4v) is 6.10. The summed E-state index contributed by atoms with van der Waals surface area (Å²) in [5.74, 6) is -0.302. The van der Waals surface area contributed by atoms with Gasteiger partial charge in [-0.25, -0.2) is 13.1 Å². The average molecular weight is 570 g/mol. The topological polar surface area (TPSA) is 98.6 Å². The molecule has 0 atom stereocenters. The quantitative estimate of drug-likeness (QED) is 0.307. The number of benzene rings is 2. The number of carbonyl (C=O) groups is 2. The van der Waals surface area contributed by atoms with Crippen molar-refractivity contribution in [2.75, 3.05) is 19.9 Å². The van der Waals surface area contributed by atoms with Crippen molar-refractivity contribution in [2.45, 2.75) is 56.0 Å². The maximum atomic E-state index is 14.1. The van der Waals surface area contributed by atoms with Crippen LogP contribution >= 0.6 is 11.6 Å². The van der Waals surface area contributed by atoms with Gasteiger partial charge in [-0.2, -0.15) is 5.10 Å². The SMILES string of the molecule is Cc1ccc(C(=O)COc2c(C(=O)c3ccc(S(C)(=O)=O)c(CN(C)C4CC4)c3Cl)c(C3CC3)nn2C)cc1. The predicted octanol–water partition coefficient (Wildman–Crippen LogP) is 4.75. The number of nitrogens with zero attached hydrogens (tertiary/aromatic N) is 3. The lowest BCUT2D eigenvalue weighted by Gasteiger charge is -2.20. The maximum absolute atomic E-state index is 14.1. The Bertz CT molecular complexity index is 1550. The van der Waals surface area contributed by atoms with Crippen molar-refractivity contribution in [3.63, 3.8) is 0 Å². The van der Waals surface area contributed by atoms with Gasteiger partial charge in [0.25, 0.3) is 0 Å². The second-order valence-electron chi connectivity index (χ2n) is 10.7. The first-order valence-corrected chi connectivity index (χ1v) is 15.3. The Morgan fingerprint density at radius 1 is 1.10 bits per heavy atom. The van der Waals surface area contributed by atoms with Crippen LogP contribution in [0.1, 0.15) is 74.7 Å². The van der Waals surface area contributed by atoms with E-state index in [-0.39, 0.29) is 45.2 Å². The lowest BCUT2D eigenvalue weighted by molar-refractivity contribution is 0.0908. The number of halogens is 1. The van der Waals surface area contributed by atoms with Crippen LogP contribution in [-0.2, 0) is 23.4 Å². The van der Waals surface area contributed by atoms with Gasteiger partial charge in [-0.3, -0.25) is 14.5 Å². The number of Topliss-reactive ketones (excluding diaryl/α,β-unsaturated/α-hetero) is 1. The largest absolute Gasteiger partial charge is 0.469 e. The molecule has 206 valence electrons. The zero-order valence-corrected chi connectivity index (χ0v) is 24.1. The molecular weight excluding hydrogens is 538 g/mol. The van der Waals surface area contributed by atoms with Gasteiger partial charge < -0.3 is 4.74 Å². The molecule has 0 N–H and O–H groups in total. The van der Waals surface area contributed by atoms with Crippen LogP contribution in [0.4, 0.5) is 0 Å². The fourth-order valence-electron chi connectivity index (χ4n) is 4.81. The molecule has 2 aliphatic carbocycles. The van der Waals surface area contributed by atoms with Crippen molar-refractivity contribution in [1.82, 2.24) is 14.7 Å². The molecule has 2 fully saturated rings. The molecule has 5 rings (SSSR count). The van der Waals surface area contributed by atoms with E-state index in [4.69, 9.17) is 16.3 Å². The smallest absolute Gasteiger partial charge is 0.223 e. The highest BCUT2D eigenvalue weighted by atomic mass is 35.5. The van der Waals surface area contributed by atoms with Gasteiger partial charge >= 0.3 is 0 Å². The Kier molecular flexibility index (Phi) is 7.43. The molecule has 0 radical (unpaired) electrons. The molecule has 0 bridgehead atoms. The van der Waals surface area contributed by atoms with E-state index in [2.05, 4.69) is 10.00 Å². The van der Waals surface area contributed by atoms with E-state index >= 15 is 0 Å². The molecule has 0 aliphatic heterocycles. The number of rotatable bonds is 11. The van der Waals surface area contributed by atoms with Crippen molar-refractivity contribution in [2.24, 2.45) is 7.05 Å². The molecule has 8 nitrogen and oxygen atoms in total. The highest BCUT2D eigenvalue weighted by Gasteiger charge is 2.37. The second-order valence-corrected chi connectivity index (χ2v) is 13.1. The Hall–Kier alpha value is -3.01. The molecule has 2 aromatic carbocycles. The van der Waals surface area contributed by atoms with Crippen LogP contribution in [0.5, 0.6) is 5.88 Å². The normalized spacial score (nSPS) is 15.5. The van der Waals surface area contributed by atoms with Crippen LogP contribution in [0, 0.1) is 6.92 Å². The minimum Gasteiger partial charge on any atom is -0.469 e. The average Bonchev–Trinajstić information content (AvgIpc) is 3.80. The molecule has 0 unspecified atom stereocenters. The molecule has 0 amide bonds. The van der Waals surface area contributed by atoms with E-state index in [1.165, 1.54) is 16.8 Å². The molecule has 10 heteroatoms. The number of sulfone groups is 1. The number of aryl methyl sites for hydroxylation is 2. The Morgan fingerprint density at radius 3 is 2.36 bits per heavy atom. The van der Waals surface area contributed by atoms with Gasteiger partial charge in [-0.05, 0) is 51.8 Å². The van der Waals surface area contributed by atoms with E-state index in [1.807, 2.05) is 26.1 Å². The second kappa shape index (κ2) is 10.5. The Morgan fingerprint density at radius 2 is 1.77 bits per heavy atom. The molecular formula is C29H32ClN3O5S. The predicted molar refractivity (Wildman–Crippen MR) is 149 cm³/mol. The number of aromatic nitrogens is 2. The summed E-state index contributed by atoms with van der Waals surface area (Å²) in [5.41, 5.74) is 3.04. The third-order valence-corrected chi connectivity index (χ3v) is 8.96. The molecule has 3 aromatic rings. The number of ether oxygens (including phenoxy) is 1. The van der Waals surface area contributed by atoms with E-state index in [0.717, 1.165) is 37.5 Å². The van der Waals surface area contributed by atoms with Crippen molar-refractivity contribution in [1.29, 1.82) is 0 Å². The summed E-state index contributed by atoms with van der Waals surface area (Å²) in [7, 11) is 0.0298. The van der Waals surface area contributed by atoms with Crippen molar-refractivity contribution >= 4 is 33.0 Å². The maximum Gasteiger partial charge on any atom is 0.223 e. The van der Waals surface area contributed by atoms with Gasteiger partial charge in [0.15, 0.2) is 22.2 Å². The third-order valence-electron chi connectivity index (χ3n) is 7.35. The van der Waals surface area contributed by atoms with E-state index in [9.17, 15) is 18.0 Å². The first-order valence-electron chi connectivity index (χ1n) is 13.0. The van der Waals surface area contributed by atoms with Gasteiger partial charge in [-0.1, -0.05) is 41.4 Å². The summed E-state index contributed by atoms with van der Waals surface area (Å²) >= 11 is 6.83. The van der Waals surface area contributed by atoms with Gasteiger partial charge in [0, 0.05) is 48.5 Å². The zero-order chi connectivity index (χ0) is 28.1. The number of hydrogen-bond acceptors (Lipinski definition) is 7. The van der Waals surface area contributed by atoms with Gasteiger partial charge in [0.2, 0.25) is 11.7 Å². The molecule has 2 aliphatic rings. The summed E-state index contributed by atoms with van der Waals surface area (Å²) in [6, 6.07) is 10.5. The lowest BCUT2D eigenvalue weighted by atomic mass is 9.99. The number of ketones is 2. The highest BCUT2D eigenvalue weighted by Crippen LogP contribution is 2.44. The van der Waals surface area contributed by atoms with Crippen LogP contribution in [0.2, 0.25) is 5.02 Å². The number of hydrogen-bond donors (Lipinski definition) is 0. The first-order chi connectivity index (χ1) is 18.5. The molecule has 0 saturated heterocycles. The molecule has 1 aromatic heterocycles. The minimum absolute atomic E-state index is 0.114. The number of carbonyl (C=O) groups excluding carboxylic acids is 2. The summed E-state index contributed by atoms with van der Waals surface area (Å²) in [5, 5.41) is 4.70. The summed E-state index contributed by atoms with van der Waals surface area (Å²) in [6.07, 6.45) is 5.03. The van der Waals surface area contributed by atoms with Gasteiger partial charge in [0.1, 0.15) is 5.56 Å². The third kappa shape index (κ3) is 5.81. The van der Waals surface area contributed by atoms with E-state index in [0.29, 0.717) is 29.4 Å². The summed E-state index contributed by atoms with van der Waals surface area (Å²) in [6.45, 7) is 2.00. The molecule has 0 spiro atoms. The Balaban J connectivity index is 1.51. The first kappa shape index (κ1) is 27.6. The highest BCUT2D eigenvalue weighted by molar-refractivity contribution is 7.90. The van der Waals surface area contributed by atoms with Crippen LogP contribution in [-0.4, -0.2) is 60.6 Å². The molecule has 1 heterocycles. The van der Waals surface area contributed by atoms with Crippen molar-refractivity contribution in [3.05, 3.63) is 74.9 Å². The van der Waals surface area contributed by atoms with Crippen molar-refractivity contribution in [3.8, 4) is 5.88 Å². The van der Waals surface area contributed by atoms with Gasteiger partial charge in [0.05, 0.1) is 15.6 Å². The lowest BCUT2D eigenvalue weighted by Crippen LogP contribution is -2.22. The van der Waals surface area contributed by atoms with Crippen LogP contribution in [0.15, 0.2) is 41.3 Å². The standard InChI is InChI=1S/C29H32ClN3O5S/c1-17-5-7-18(8-6-17)23(34)16-38-29-25(27(19-9-10-19)31-33(29)3)28(35)21-13-14-24(39(4,36)37)22(26(21)30)15-32(2)20-11-12-20/h5-8,13-14,19-20H,9-12,15-16H2,1-4H3. The molecule has 2 saturated carbocycles. The van der Waals surface area contributed by atoms with Crippen LogP contribution in [0.3, 0.4) is 0 Å². The minimum atomic E-state index is -3.58. The summed E-state index contributed by atoms with van der Waals surface area (Å²) < 4.78 is 32.6. The zero-order valence-electron chi connectivity index (χ0n) is 22.5. The van der Waals surface area contributed by atoms with Crippen molar-refractivity contribution < 1.29 is 22.7 Å². The fraction of sp³-hybridized carbons (Fsp3) is 0.414. The van der Waals surface area contributed by atoms with Crippen LogP contribution in [0.25, 0.3) is 0 Å². The van der Waals surface area contributed by atoms with E-state index in [1.54, 1.807) is 19.2 Å². The monoisotopic (exact) mass is 569 g/mol. The summed E-state index contributed by atoms with van der Waals surface area (Å²) in [4.78, 5) is 29.1.